The molecular weight excluding hydrogens is 272 g/mol. The third-order valence-corrected chi connectivity index (χ3v) is 4.61. The van der Waals surface area contributed by atoms with Gasteiger partial charge in [0.1, 0.15) is 0 Å². The van der Waals surface area contributed by atoms with E-state index in [9.17, 15) is 9.59 Å². The van der Waals surface area contributed by atoms with E-state index in [0.717, 1.165) is 33.0 Å². The molecule has 3 aromatic rings. The van der Waals surface area contributed by atoms with E-state index in [-0.39, 0.29) is 5.78 Å². The SMILES string of the molecule is Cc1c2c(c(C)c3ccccc13)-c1ccccc1C(=O)C2=O. The van der Waals surface area contributed by atoms with Gasteiger partial charge in [-0.2, -0.15) is 0 Å². The van der Waals surface area contributed by atoms with E-state index < -0.39 is 5.78 Å². The van der Waals surface area contributed by atoms with Crippen molar-refractivity contribution in [1.82, 2.24) is 0 Å². The molecule has 0 bridgehead atoms. The van der Waals surface area contributed by atoms with Gasteiger partial charge in [-0.1, -0.05) is 48.5 Å². The molecule has 1 aliphatic carbocycles. The number of hydrogen-bond acceptors (Lipinski definition) is 2. The summed E-state index contributed by atoms with van der Waals surface area (Å²) in [6.07, 6.45) is 0. The fourth-order valence-corrected chi connectivity index (χ4v) is 3.54. The molecule has 0 aromatic heterocycles. The van der Waals surface area contributed by atoms with Crippen LogP contribution in [-0.2, 0) is 0 Å². The lowest BCUT2D eigenvalue weighted by molar-refractivity contribution is 0.0815. The summed E-state index contributed by atoms with van der Waals surface area (Å²) < 4.78 is 0. The van der Waals surface area contributed by atoms with Crippen LogP contribution in [0.15, 0.2) is 48.5 Å². The van der Waals surface area contributed by atoms with E-state index in [4.69, 9.17) is 0 Å². The van der Waals surface area contributed by atoms with Gasteiger partial charge in [0.05, 0.1) is 0 Å². The second kappa shape index (κ2) is 4.38. The summed E-state index contributed by atoms with van der Waals surface area (Å²) in [6, 6.07) is 15.4. The van der Waals surface area contributed by atoms with Gasteiger partial charge in [0.15, 0.2) is 0 Å². The Balaban J connectivity index is 2.27. The van der Waals surface area contributed by atoms with Crippen molar-refractivity contribution < 1.29 is 9.59 Å². The van der Waals surface area contributed by atoms with Crippen LogP contribution in [0.1, 0.15) is 31.8 Å². The molecule has 0 aliphatic heterocycles. The summed E-state index contributed by atoms with van der Waals surface area (Å²) in [5.41, 5.74) is 4.82. The maximum absolute atomic E-state index is 12.6. The first-order valence-corrected chi connectivity index (χ1v) is 7.31. The van der Waals surface area contributed by atoms with Crippen LogP contribution in [0.2, 0.25) is 0 Å². The number of rotatable bonds is 0. The molecular formula is C20H14O2. The van der Waals surface area contributed by atoms with Crippen molar-refractivity contribution in [3.8, 4) is 11.1 Å². The van der Waals surface area contributed by atoms with Crippen molar-refractivity contribution in [2.75, 3.05) is 0 Å². The number of aryl methyl sites for hydroxylation is 2. The van der Waals surface area contributed by atoms with E-state index in [1.54, 1.807) is 12.1 Å². The molecule has 4 rings (SSSR count). The minimum absolute atomic E-state index is 0.389. The lowest BCUT2D eigenvalue weighted by atomic mass is 9.77. The van der Waals surface area contributed by atoms with Crippen LogP contribution in [0.5, 0.6) is 0 Å². The second-order valence-corrected chi connectivity index (χ2v) is 5.75. The first-order valence-electron chi connectivity index (χ1n) is 7.31. The van der Waals surface area contributed by atoms with E-state index in [0.29, 0.717) is 11.1 Å². The van der Waals surface area contributed by atoms with Gasteiger partial charge in [-0.25, -0.2) is 0 Å². The van der Waals surface area contributed by atoms with Crippen molar-refractivity contribution in [2.45, 2.75) is 13.8 Å². The van der Waals surface area contributed by atoms with Crippen molar-refractivity contribution in [3.05, 3.63) is 70.8 Å². The van der Waals surface area contributed by atoms with Crippen LogP contribution in [0, 0.1) is 13.8 Å². The van der Waals surface area contributed by atoms with Crippen LogP contribution in [0.25, 0.3) is 21.9 Å². The molecule has 106 valence electrons. The average molecular weight is 286 g/mol. The van der Waals surface area contributed by atoms with Gasteiger partial charge in [-0.05, 0) is 46.9 Å². The zero-order valence-corrected chi connectivity index (χ0v) is 12.4. The van der Waals surface area contributed by atoms with Crippen LogP contribution in [-0.4, -0.2) is 11.6 Å². The molecule has 0 spiro atoms. The molecule has 0 saturated carbocycles. The Kier molecular flexibility index (Phi) is 2.58. The number of ketones is 2. The molecule has 1 aliphatic rings. The summed E-state index contributed by atoms with van der Waals surface area (Å²) in [7, 11) is 0. The Bertz CT molecular complexity index is 980. The van der Waals surface area contributed by atoms with Crippen molar-refractivity contribution in [2.24, 2.45) is 0 Å². The Morgan fingerprint density at radius 2 is 1.09 bits per heavy atom. The minimum atomic E-state index is -0.402. The fraction of sp³-hybridized carbons (Fsp3) is 0.100. The van der Waals surface area contributed by atoms with E-state index in [1.165, 1.54) is 0 Å². The molecule has 2 heteroatoms. The number of benzene rings is 3. The van der Waals surface area contributed by atoms with Gasteiger partial charge in [-0.15, -0.1) is 0 Å². The maximum Gasteiger partial charge on any atom is 0.234 e. The molecule has 0 saturated heterocycles. The van der Waals surface area contributed by atoms with Crippen molar-refractivity contribution in [1.29, 1.82) is 0 Å². The summed E-state index contributed by atoms with van der Waals surface area (Å²) in [4.78, 5) is 25.1. The molecule has 0 amide bonds. The number of carbonyl (C=O) groups excluding carboxylic acids is 2. The Hall–Kier alpha value is -2.74. The smallest absolute Gasteiger partial charge is 0.234 e. The lowest BCUT2D eigenvalue weighted by Crippen LogP contribution is -2.23. The molecule has 0 atom stereocenters. The summed E-state index contributed by atoms with van der Waals surface area (Å²) in [5, 5.41) is 2.18. The van der Waals surface area contributed by atoms with Crippen LogP contribution >= 0.6 is 0 Å². The van der Waals surface area contributed by atoms with Gasteiger partial charge >= 0.3 is 0 Å². The monoisotopic (exact) mass is 286 g/mol. The van der Waals surface area contributed by atoms with Gasteiger partial charge in [-0.3, -0.25) is 9.59 Å². The quantitative estimate of drug-likeness (QED) is 0.570. The Morgan fingerprint density at radius 1 is 0.591 bits per heavy atom. The van der Waals surface area contributed by atoms with Crippen molar-refractivity contribution in [3.63, 3.8) is 0 Å². The highest BCUT2D eigenvalue weighted by Crippen LogP contribution is 2.41. The zero-order chi connectivity index (χ0) is 15.4. The number of fused-ring (bicyclic) bond motifs is 4. The van der Waals surface area contributed by atoms with Gasteiger partial charge in [0.2, 0.25) is 11.6 Å². The third kappa shape index (κ3) is 1.49. The molecule has 2 nitrogen and oxygen atoms in total. The maximum atomic E-state index is 12.6. The number of carbonyl (C=O) groups is 2. The summed E-state index contributed by atoms with van der Waals surface area (Å²) in [5.74, 6) is -0.791. The average Bonchev–Trinajstić information content (AvgIpc) is 2.56. The highest BCUT2D eigenvalue weighted by Gasteiger charge is 2.33. The third-order valence-electron chi connectivity index (χ3n) is 4.61. The largest absolute Gasteiger partial charge is 0.285 e. The van der Waals surface area contributed by atoms with Crippen LogP contribution in [0.3, 0.4) is 0 Å². The molecule has 0 radical (unpaired) electrons. The highest BCUT2D eigenvalue weighted by atomic mass is 16.2. The van der Waals surface area contributed by atoms with E-state index in [2.05, 4.69) is 6.07 Å². The van der Waals surface area contributed by atoms with Crippen LogP contribution in [0.4, 0.5) is 0 Å². The first-order chi connectivity index (χ1) is 10.6. The number of hydrogen-bond donors (Lipinski definition) is 0. The van der Waals surface area contributed by atoms with Gasteiger partial charge in [0, 0.05) is 11.1 Å². The van der Waals surface area contributed by atoms with E-state index >= 15 is 0 Å². The van der Waals surface area contributed by atoms with Gasteiger partial charge in [0.25, 0.3) is 0 Å². The predicted molar refractivity (Wildman–Crippen MR) is 87.5 cm³/mol. The predicted octanol–water partition coefficient (Wildman–Crippen LogP) is 4.50. The summed E-state index contributed by atoms with van der Waals surface area (Å²) >= 11 is 0. The first kappa shape index (κ1) is 13.0. The minimum Gasteiger partial charge on any atom is -0.285 e. The standard InChI is InChI=1S/C20H14O2/c1-11-13-7-3-4-8-14(13)12(2)18-17(11)15-9-5-6-10-16(15)19(21)20(18)22/h3-10H,1-2H3. The Labute approximate surface area is 128 Å². The molecule has 3 aromatic carbocycles. The van der Waals surface area contributed by atoms with Crippen molar-refractivity contribution >= 4 is 22.3 Å². The van der Waals surface area contributed by atoms with Gasteiger partial charge < -0.3 is 0 Å². The van der Waals surface area contributed by atoms with Crippen LogP contribution < -0.4 is 0 Å². The molecule has 0 unspecified atom stereocenters. The molecule has 0 N–H and O–H groups in total. The Morgan fingerprint density at radius 3 is 1.73 bits per heavy atom. The highest BCUT2D eigenvalue weighted by molar-refractivity contribution is 6.53. The second-order valence-electron chi connectivity index (χ2n) is 5.75. The molecule has 22 heavy (non-hydrogen) atoms. The topological polar surface area (TPSA) is 34.1 Å². The summed E-state index contributed by atoms with van der Waals surface area (Å²) in [6.45, 7) is 3.96. The normalized spacial score (nSPS) is 13.2. The molecule has 0 fully saturated rings. The lowest BCUT2D eigenvalue weighted by Gasteiger charge is -2.23. The fourth-order valence-electron chi connectivity index (χ4n) is 3.54. The molecule has 0 heterocycles. The van der Waals surface area contributed by atoms with E-state index in [1.807, 2.05) is 44.2 Å². The zero-order valence-electron chi connectivity index (χ0n) is 12.4. The number of Topliss-reactive ketones (excluding diaryl/α,β-unsaturated/α-hetero) is 2.